The van der Waals surface area contributed by atoms with Crippen LogP contribution in [0.4, 0.5) is 11.4 Å². The fourth-order valence-electron chi connectivity index (χ4n) is 3.43. The number of nitrogens with zero attached hydrogens (tertiary/aromatic N) is 1. The standard InChI is InChI=1S/C24H21ClN2O2S/c1-15-9-10-21(11-16(15)2)27-22(28)14-30-24(27)18-6-4-8-20(13-18)26-23(29)17-5-3-7-19(25)12-17/h3-13,24H,14H2,1-2H3,(H,26,29)/t24-/m1/s1. The van der Waals surface area contributed by atoms with E-state index in [4.69, 9.17) is 11.6 Å². The highest BCUT2D eigenvalue weighted by atomic mass is 35.5. The zero-order chi connectivity index (χ0) is 21.3. The first kappa shape index (κ1) is 20.5. The molecule has 6 heteroatoms. The molecule has 0 saturated carbocycles. The first-order valence-corrected chi connectivity index (χ1v) is 11.0. The Labute approximate surface area is 185 Å². The topological polar surface area (TPSA) is 49.4 Å². The van der Waals surface area contributed by atoms with Gasteiger partial charge >= 0.3 is 0 Å². The summed E-state index contributed by atoms with van der Waals surface area (Å²) in [6.45, 7) is 4.11. The second-order valence-corrected chi connectivity index (χ2v) is 8.79. The van der Waals surface area contributed by atoms with Gasteiger partial charge in [-0.15, -0.1) is 11.8 Å². The van der Waals surface area contributed by atoms with Gasteiger partial charge in [-0.1, -0.05) is 35.9 Å². The summed E-state index contributed by atoms with van der Waals surface area (Å²) in [7, 11) is 0. The first-order chi connectivity index (χ1) is 14.4. The molecular formula is C24H21ClN2O2S. The Hall–Kier alpha value is -2.76. The van der Waals surface area contributed by atoms with Crippen molar-refractivity contribution >= 4 is 46.6 Å². The molecule has 1 aliphatic heterocycles. The van der Waals surface area contributed by atoms with Gasteiger partial charge in [0.25, 0.3) is 5.91 Å². The summed E-state index contributed by atoms with van der Waals surface area (Å²) in [6, 6.07) is 20.6. The number of rotatable bonds is 4. The highest BCUT2D eigenvalue weighted by Crippen LogP contribution is 2.42. The Balaban J connectivity index is 1.60. The third-order valence-corrected chi connectivity index (χ3v) is 6.60. The maximum absolute atomic E-state index is 12.7. The fraction of sp³-hybridized carbons (Fsp3) is 0.167. The number of halogens is 1. The molecule has 0 bridgehead atoms. The lowest BCUT2D eigenvalue weighted by Gasteiger charge is -2.25. The lowest BCUT2D eigenvalue weighted by atomic mass is 10.1. The van der Waals surface area contributed by atoms with E-state index in [0.29, 0.717) is 22.0 Å². The van der Waals surface area contributed by atoms with Gasteiger partial charge in [0.15, 0.2) is 0 Å². The van der Waals surface area contributed by atoms with Crippen molar-refractivity contribution < 1.29 is 9.59 Å². The van der Waals surface area contributed by atoms with Crippen LogP contribution in [-0.2, 0) is 4.79 Å². The minimum atomic E-state index is -0.226. The van der Waals surface area contributed by atoms with Crippen LogP contribution in [0.3, 0.4) is 0 Å². The van der Waals surface area contributed by atoms with Gasteiger partial charge in [0.05, 0.1) is 5.75 Å². The Kier molecular flexibility index (Phi) is 5.84. The van der Waals surface area contributed by atoms with Gasteiger partial charge in [-0.05, 0) is 73.0 Å². The Morgan fingerprint density at radius 2 is 1.83 bits per heavy atom. The minimum absolute atomic E-state index is 0.0848. The van der Waals surface area contributed by atoms with Crippen LogP contribution in [-0.4, -0.2) is 17.6 Å². The van der Waals surface area contributed by atoms with Crippen molar-refractivity contribution in [3.63, 3.8) is 0 Å². The highest BCUT2D eigenvalue weighted by Gasteiger charge is 2.34. The van der Waals surface area contributed by atoms with Gasteiger partial charge in [0.1, 0.15) is 5.37 Å². The van der Waals surface area contributed by atoms with Gasteiger partial charge in [-0.3, -0.25) is 14.5 Å². The van der Waals surface area contributed by atoms with Crippen molar-refractivity contribution in [2.75, 3.05) is 16.0 Å². The molecule has 1 fully saturated rings. The first-order valence-electron chi connectivity index (χ1n) is 9.60. The number of aryl methyl sites for hydroxylation is 2. The molecular weight excluding hydrogens is 416 g/mol. The van der Waals surface area contributed by atoms with Gasteiger partial charge in [-0.25, -0.2) is 0 Å². The summed E-state index contributed by atoms with van der Waals surface area (Å²) < 4.78 is 0. The number of carbonyl (C=O) groups is 2. The lowest BCUT2D eigenvalue weighted by molar-refractivity contribution is -0.115. The van der Waals surface area contributed by atoms with Crippen LogP contribution in [0.15, 0.2) is 66.7 Å². The molecule has 1 N–H and O–H groups in total. The molecule has 0 radical (unpaired) electrons. The summed E-state index contributed by atoms with van der Waals surface area (Å²) in [5.41, 5.74) is 5.38. The van der Waals surface area contributed by atoms with E-state index in [9.17, 15) is 9.59 Å². The van der Waals surface area contributed by atoms with E-state index in [-0.39, 0.29) is 17.2 Å². The van der Waals surface area contributed by atoms with E-state index in [1.54, 1.807) is 36.0 Å². The predicted octanol–water partition coefficient (Wildman–Crippen LogP) is 5.99. The molecule has 0 spiro atoms. The van der Waals surface area contributed by atoms with Crippen molar-refractivity contribution in [3.05, 3.63) is 94.0 Å². The van der Waals surface area contributed by atoms with Crippen molar-refractivity contribution in [2.24, 2.45) is 0 Å². The van der Waals surface area contributed by atoms with E-state index in [1.807, 2.05) is 48.2 Å². The molecule has 1 atom stereocenters. The molecule has 152 valence electrons. The number of hydrogen-bond acceptors (Lipinski definition) is 3. The second-order valence-electron chi connectivity index (χ2n) is 7.29. The molecule has 1 heterocycles. The highest BCUT2D eigenvalue weighted by molar-refractivity contribution is 8.00. The molecule has 3 aromatic carbocycles. The normalized spacial score (nSPS) is 16.0. The van der Waals surface area contributed by atoms with Crippen molar-refractivity contribution in [1.29, 1.82) is 0 Å². The van der Waals surface area contributed by atoms with Gasteiger partial charge in [-0.2, -0.15) is 0 Å². The molecule has 0 aliphatic carbocycles. The van der Waals surface area contributed by atoms with E-state index < -0.39 is 0 Å². The number of hydrogen-bond donors (Lipinski definition) is 1. The average Bonchev–Trinajstić information content (AvgIpc) is 3.12. The number of carbonyl (C=O) groups excluding carboxylic acids is 2. The molecule has 3 aromatic rings. The van der Waals surface area contributed by atoms with Crippen LogP contribution in [0.1, 0.15) is 32.4 Å². The van der Waals surface area contributed by atoms with Crippen molar-refractivity contribution in [3.8, 4) is 0 Å². The summed E-state index contributed by atoms with van der Waals surface area (Å²) in [5, 5.41) is 3.30. The van der Waals surface area contributed by atoms with E-state index in [0.717, 1.165) is 16.8 Å². The zero-order valence-corrected chi connectivity index (χ0v) is 18.3. The summed E-state index contributed by atoms with van der Waals surface area (Å²) in [4.78, 5) is 27.1. The molecule has 1 aliphatic rings. The Morgan fingerprint density at radius 1 is 1.03 bits per heavy atom. The van der Waals surface area contributed by atoms with Crippen LogP contribution in [0.25, 0.3) is 0 Å². The quantitative estimate of drug-likeness (QED) is 0.546. The maximum Gasteiger partial charge on any atom is 0.255 e. The molecule has 4 rings (SSSR count). The van der Waals surface area contributed by atoms with Gasteiger partial charge in [0, 0.05) is 22.0 Å². The van der Waals surface area contributed by atoms with Crippen molar-refractivity contribution in [2.45, 2.75) is 19.2 Å². The van der Waals surface area contributed by atoms with Crippen LogP contribution in [0, 0.1) is 13.8 Å². The third kappa shape index (κ3) is 4.23. The van der Waals surface area contributed by atoms with E-state index in [2.05, 4.69) is 18.3 Å². The summed E-state index contributed by atoms with van der Waals surface area (Å²) in [6.07, 6.45) is 0. The fourth-order valence-corrected chi connectivity index (χ4v) is 4.79. The van der Waals surface area contributed by atoms with Crippen LogP contribution >= 0.6 is 23.4 Å². The Bertz CT molecular complexity index is 1130. The second kappa shape index (κ2) is 8.54. The third-order valence-electron chi connectivity index (χ3n) is 5.15. The molecule has 0 unspecified atom stereocenters. The smallest absolute Gasteiger partial charge is 0.255 e. The number of amides is 2. The zero-order valence-electron chi connectivity index (χ0n) is 16.7. The van der Waals surface area contributed by atoms with Crippen LogP contribution < -0.4 is 10.2 Å². The number of anilines is 2. The molecule has 2 amide bonds. The van der Waals surface area contributed by atoms with E-state index >= 15 is 0 Å². The lowest BCUT2D eigenvalue weighted by Crippen LogP contribution is -2.28. The van der Waals surface area contributed by atoms with Gasteiger partial charge in [0.2, 0.25) is 5.91 Å². The van der Waals surface area contributed by atoms with E-state index in [1.165, 1.54) is 5.56 Å². The average molecular weight is 437 g/mol. The number of nitrogens with one attached hydrogen (secondary N) is 1. The van der Waals surface area contributed by atoms with Crippen LogP contribution in [0.5, 0.6) is 0 Å². The SMILES string of the molecule is Cc1ccc(N2C(=O)CS[C@@H]2c2cccc(NC(=O)c3cccc(Cl)c3)c2)cc1C. The summed E-state index contributed by atoms with van der Waals surface area (Å²) >= 11 is 7.58. The predicted molar refractivity (Wildman–Crippen MR) is 124 cm³/mol. The Morgan fingerprint density at radius 3 is 2.60 bits per heavy atom. The number of thioether (sulfide) groups is 1. The molecule has 4 nitrogen and oxygen atoms in total. The minimum Gasteiger partial charge on any atom is -0.322 e. The van der Waals surface area contributed by atoms with Crippen molar-refractivity contribution in [1.82, 2.24) is 0 Å². The maximum atomic E-state index is 12.7. The molecule has 30 heavy (non-hydrogen) atoms. The van der Waals surface area contributed by atoms with Gasteiger partial charge < -0.3 is 5.32 Å². The molecule has 1 saturated heterocycles. The van der Waals surface area contributed by atoms with Crippen LogP contribution in [0.2, 0.25) is 5.02 Å². The largest absolute Gasteiger partial charge is 0.322 e. The summed E-state index contributed by atoms with van der Waals surface area (Å²) in [5.74, 6) is 0.286. The number of benzene rings is 3. The monoisotopic (exact) mass is 436 g/mol. The molecule has 0 aromatic heterocycles.